The monoisotopic (exact) mass is 373 g/mol. The fourth-order valence-corrected chi connectivity index (χ4v) is 3.29. The van der Waals surface area contributed by atoms with Gasteiger partial charge in [-0.2, -0.15) is 0 Å². The molecule has 0 bridgehead atoms. The first-order chi connectivity index (χ1) is 13.7. The first kappa shape index (κ1) is 17.7. The SMILES string of the molecule is COC(=O)c1ccc(NC(=O)c2ccc(N3CCc4ccccc43)cn2)cc1. The molecule has 2 aromatic carbocycles. The number of anilines is 3. The Bertz CT molecular complexity index is 1010. The molecule has 0 unspecified atom stereocenters. The third kappa shape index (κ3) is 3.44. The number of hydrogen-bond acceptors (Lipinski definition) is 5. The lowest BCUT2D eigenvalue weighted by Gasteiger charge is -2.19. The fourth-order valence-electron chi connectivity index (χ4n) is 3.29. The lowest BCUT2D eigenvalue weighted by molar-refractivity contribution is 0.0600. The molecule has 4 rings (SSSR count). The molecule has 1 aromatic heterocycles. The molecule has 3 aromatic rings. The van der Waals surface area contributed by atoms with E-state index in [4.69, 9.17) is 0 Å². The molecule has 0 aliphatic carbocycles. The standard InChI is InChI=1S/C22H19N3O3/c1-28-22(27)16-6-8-17(9-7-16)24-21(26)19-11-10-18(14-23-19)25-13-12-15-4-2-3-5-20(15)25/h2-11,14H,12-13H2,1H3,(H,24,26). The summed E-state index contributed by atoms with van der Waals surface area (Å²) in [6, 6.07) is 18.4. The molecular weight excluding hydrogens is 354 g/mol. The average molecular weight is 373 g/mol. The highest BCUT2D eigenvalue weighted by atomic mass is 16.5. The number of carbonyl (C=O) groups excluding carboxylic acids is 2. The highest BCUT2D eigenvalue weighted by molar-refractivity contribution is 6.03. The molecule has 1 amide bonds. The first-order valence-corrected chi connectivity index (χ1v) is 8.97. The van der Waals surface area contributed by atoms with Gasteiger partial charge in [-0.15, -0.1) is 0 Å². The molecule has 6 heteroatoms. The van der Waals surface area contributed by atoms with Gasteiger partial charge < -0.3 is 15.0 Å². The van der Waals surface area contributed by atoms with Crippen molar-refractivity contribution in [1.29, 1.82) is 0 Å². The summed E-state index contributed by atoms with van der Waals surface area (Å²) in [4.78, 5) is 30.4. The minimum atomic E-state index is -0.418. The Balaban J connectivity index is 1.45. The molecule has 1 aliphatic heterocycles. The number of fused-ring (bicyclic) bond motifs is 1. The smallest absolute Gasteiger partial charge is 0.337 e. The number of hydrogen-bond donors (Lipinski definition) is 1. The average Bonchev–Trinajstić information content (AvgIpc) is 3.18. The topological polar surface area (TPSA) is 71.5 Å². The molecule has 0 saturated heterocycles. The number of carbonyl (C=O) groups is 2. The molecule has 6 nitrogen and oxygen atoms in total. The van der Waals surface area contributed by atoms with Crippen molar-refractivity contribution in [3.63, 3.8) is 0 Å². The predicted octanol–water partition coefficient (Wildman–Crippen LogP) is 3.81. The Hall–Kier alpha value is -3.67. The molecule has 0 radical (unpaired) electrons. The van der Waals surface area contributed by atoms with Crippen LogP contribution >= 0.6 is 0 Å². The third-order valence-corrected chi connectivity index (χ3v) is 4.74. The summed E-state index contributed by atoms with van der Waals surface area (Å²) in [6.07, 6.45) is 2.72. The van der Waals surface area contributed by atoms with Crippen molar-refractivity contribution in [3.8, 4) is 0 Å². The van der Waals surface area contributed by atoms with Gasteiger partial charge in [0, 0.05) is 17.9 Å². The number of nitrogens with one attached hydrogen (secondary N) is 1. The van der Waals surface area contributed by atoms with Crippen molar-refractivity contribution >= 4 is 28.9 Å². The van der Waals surface area contributed by atoms with Crippen molar-refractivity contribution in [2.24, 2.45) is 0 Å². The van der Waals surface area contributed by atoms with Crippen LogP contribution in [0.25, 0.3) is 0 Å². The minimum absolute atomic E-state index is 0.306. The van der Waals surface area contributed by atoms with Gasteiger partial charge in [0.1, 0.15) is 5.69 Å². The van der Waals surface area contributed by atoms with Crippen LogP contribution in [0, 0.1) is 0 Å². The Morgan fingerprint density at radius 1 is 1.04 bits per heavy atom. The molecular formula is C22H19N3O3. The lowest BCUT2D eigenvalue weighted by Crippen LogP contribution is -2.16. The zero-order valence-electron chi connectivity index (χ0n) is 15.4. The Labute approximate surface area is 162 Å². The summed E-state index contributed by atoms with van der Waals surface area (Å²) < 4.78 is 4.66. The van der Waals surface area contributed by atoms with Gasteiger partial charge in [0.15, 0.2) is 0 Å². The van der Waals surface area contributed by atoms with Gasteiger partial charge in [-0.05, 0) is 54.4 Å². The molecule has 0 fully saturated rings. The zero-order valence-corrected chi connectivity index (χ0v) is 15.4. The maximum atomic E-state index is 12.4. The van der Waals surface area contributed by atoms with E-state index >= 15 is 0 Å². The van der Waals surface area contributed by atoms with Gasteiger partial charge in [-0.3, -0.25) is 4.79 Å². The van der Waals surface area contributed by atoms with Crippen molar-refractivity contribution in [1.82, 2.24) is 4.98 Å². The second kappa shape index (κ2) is 7.52. The third-order valence-electron chi connectivity index (χ3n) is 4.74. The molecule has 0 atom stereocenters. The number of ether oxygens (including phenoxy) is 1. The second-order valence-corrected chi connectivity index (χ2v) is 6.46. The molecule has 1 N–H and O–H groups in total. The van der Waals surface area contributed by atoms with Gasteiger partial charge >= 0.3 is 5.97 Å². The van der Waals surface area contributed by atoms with Crippen LogP contribution < -0.4 is 10.2 Å². The van der Waals surface area contributed by atoms with E-state index in [9.17, 15) is 9.59 Å². The van der Waals surface area contributed by atoms with Crippen molar-refractivity contribution in [3.05, 3.63) is 83.7 Å². The van der Waals surface area contributed by atoms with E-state index in [0.29, 0.717) is 16.9 Å². The second-order valence-electron chi connectivity index (χ2n) is 6.46. The number of benzene rings is 2. The van der Waals surface area contributed by atoms with E-state index in [1.807, 2.05) is 18.2 Å². The van der Waals surface area contributed by atoms with Crippen LogP contribution in [0.2, 0.25) is 0 Å². The van der Waals surface area contributed by atoms with Crippen molar-refractivity contribution in [2.75, 3.05) is 23.9 Å². The van der Waals surface area contributed by atoms with Crippen LogP contribution in [0.3, 0.4) is 0 Å². The van der Waals surface area contributed by atoms with E-state index in [0.717, 1.165) is 18.7 Å². The van der Waals surface area contributed by atoms with Crippen LogP contribution in [-0.2, 0) is 11.2 Å². The minimum Gasteiger partial charge on any atom is -0.465 e. The van der Waals surface area contributed by atoms with Crippen LogP contribution in [0.4, 0.5) is 17.1 Å². The number of rotatable bonds is 4. The highest BCUT2D eigenvalue weighted by Crippen LogP contribution is 2.33. The summed E-state index contributed by atoms with van der Waals surface area (Å²) in [6.45, 7) is 0.902. The number of amides is 1. The van der Waals surface area contributed by atoms with Crippen LogP contribution in [-0.4, -0.2) is 30.5 Å². The maximum Gasteiger partial charge on any atom is 0.337 e. The number of nitrogens with zero attached hydrogens (tertiary/aromatic N) is 2. The lowest BCUT2D eigenvalue weighted by atomic mass is 10.2. The maximum absolute atomic E-state index is 12.4. The van der Waals surface area contributed by atoms with Crippen LogP contribution in [0.15, 0.2) is 66.9 Å². The van der Waals surface area contributed by atoms with Gasteiger partial charge in [0.25, 0.3) is 5.91 Å². The molecule has 2 heterocycles. The predicted molar refractivity (Wildman–Crippen MR) is 107 cm³/mol. The number of pyridine rings is 1. The summed E-state index contributed by atoms with van der Waals surface area (Å²) in [5, 5.41) is 2.78. The summed E-state index contributed by atoms with van der Waals surface area (Å²) in [7, 11) is 1.33. The molecule has 0 saturated carbocycles. The Morgan fingerprint density at radius 2 is 1.82 bits per heavy atom. The van der Waals surface area contributed by atoms with E-state index in [2.05, 4.69) is 32.1 Å². The van der Waals surface area contributed by atoms with Gasteiger partial charge in [0.2, 0.25) is 0 Å². The number of esters is 1. The molecule has 0 spiro atoms. The summed E-state index contributed by atoms with van der Waals surface area (Å²) >= 11 is 0. The van der Waals surface area contributed by atoms with Gasteiger partial charge in [-0.1, -0.05) is 18.2 Å². The number of para-hydroxylation sites is 1. The van der Waals surface area contributed by atoms with E-state index in [-0.39, 0.29) is 5.91 Å². The van der Waals surface area contributed by atoms with Crippen molar-refractivity contribution in [2.45, 2.75) is 6.42 Å². The highest BCUT2D eigenvalue weighted by Gasteiger charge is 2.20. The zero-order chi connectivity index (χ0) is 19.5. The number of aromatic nitrogens is 1. The van der Waals surface area contributed by atoms with Crippen molar-refractivity contribution < 1.29 is 14.3 Å². The largest absolute Gasteiger partial charge is 0.465 e. The quantitative estimate of drug-likeness (QED) is 0.704. The van der Waals surface area contributed by atoms with Gasteiger partial charge in [0.05, 0.1) is 24.6 Å². The Kier molecular flexibility index (Phi) is 4.76. The van der Waals surface area contributed by atoms with E-state index in [1.165, 1.54) is 18.4 Å². The van der Waals surface area contributed by atoms with Gasteiger partial charge in [-0.25, -0.2) is 9.78 Å². The number of methoxy groups -OCH3 is 1. The van der Waals surface area contributed by atoms with E-state index < -0.39 is 5.97 Å². The Morgan fingerprint density at radius 3 is 2.54 bits per heavy atom. The normalized spacial score (nSPS) is 12.4. The summed E-state index contributed by atoms with van der Waals surface area (Å²) in [5.74, 6) is -0.724. The molecule has 28 heavy (non-hydrogen) atoms. The fraction of sp³-hybridized carbons (Fsp3) is 0.136. The van der Waals surface area contributed by atoms with Crippen LogP contribution in [0.1, 0.15) is 26.4 Å². The molecule has 1 aliphatic rings. The first-order valence-electron chi connectivity index (χ1n) is 8.97. The molecule has 140 valence electrons. The van der Waals surface area contributed by atoms with Crippen LogP contribution in [0.5, 0.6) is 0 Å². The summed E-state index contributed by atoms with van der Waals surface area (Å²) in [5.41, 5.74) is 4.80. The van der Waals surface area contributed by atoms with E-state index in [1.54, 1.807) is 36.5 Å².